The van der Waals surface area contributed by atoms with Gasteiger partial charge in [0, 0.05) is 50.2 Å². The first-order valence-electron chi connectivity index (χ1n) is 11.2. The van der Waals surface area contributed by atoms with Crippen molar-refractivity contribution >= 4 is 0 Å². The van der Waals surface area contributed by atoms with Crippen LogP contribution in [0.3, 0.4) is 0 Å². The van der Waals surface area contributed by atoms with Gasteiger partial charge in [-0.1, -0.05) is 54.2 Å². The highest BCUT2D eigenvalue weighted by molar-refractivity contribution is 5.11. The predicted octanol–water partition coefficient (Wildman–Crippen LogP) is 6.13. The number of hydrogen-bond acceptors (Lipinski definition) is 3. The van der Waals surface area contributed by atoms with Crippen LogP contribution in [-0.2, 0) is 4.74 Å². The van der Waals surface area contributed by atoms with Gasteiger partial charge in [0.1, 0.15) is 0 Å². The maximum Gasteiger partial charge on any atom is 0.0488 e. The van der Waals surface area contributed by atoms with Crippen LogP contribution >= 0.6 is 0 Å². The Bertz CT molecular complexity index is 429. The zero-order valence-electron chi connectivity index (χ0n) is 19.1. The molecule has 0 aromatic carbocycles. The molecule has 2 rings (SSSR count). The molecule has 2 aliphatic heterocycles. The summed E-state index contributed by atoms with van der Waals surface area (Å²) < 4.78 is 5.64. The summed E-state index contributed by atoms with van der Waals surface area (Å²) in [5, 5.41) is 3.85. The van der Waals surface area contributed by atoms with E-state index in [1.807, 2.05) is 13.8 Å². The van der Waals surface area contributed by atoms with Crippen LogP contribution in [0.2, 0.25) is 0 Å². The standard InChI is InChI=1S/C22H40N2O.C2H6/c1-18-9-7-10-21(4,5)11-8-14-24(6)19(2)17-22(23-20(18)3)12-15-25-16-13-22;1-2/h18,23H,2-3,7-17H2,1,4-6H3;1-2H3/t18-;/m1./s1. The van der Waals surface area contributed by atoms with E-state index in [1.165, 1.54) is 43.5 Å². The normalized spacial score (nSPS) is 27.2. The maximum absolute atomic E-state index is 5.64. The summed E-state index contributed by atoms with van der Waals surface area (Å²) in [5.74, 6) is 0.518. The third-order valence-electron chi connectivity index (χ3n) is 6.39. The van der Waals surface area contributed by atoms with Crippen molar-refractivity contribution < 1.29 is 4.74 Å². The summed E-state index contributed by atoms with van der Waals surface area (Å²) >= 11 is 0. The minimum Gasteiger partial charge on any atom is -0.383 e. The molecule has 3 nitrogen and oxygen atoms in total. The lowest BCUT2D eigenvalue weighted by Gasteiger charge is -2.42. The number of rotatable bonds is 0. The zero-order chi connectivity index (χ0) is 20.5. The molecule has 27 heavy (non-hydrogen) atoms. The Labute approximate surface area is 169 Å². The van der Waals surface area contributed by atoms with Crippen LogP contribution in [0.25, 0.3) is 0 Å². The van der Waals surface area contributed by atoms with Crippen molar-refractivity contribution in [1.82, 2.24) is 10.2 Å². The Morgan fingerprint density at radius 3 is 2.26 bits per heavy atom. The molecule has 3 heteroatoms. The van der Waals surface area contributed by atoms with E-state index >= 15 is 0 Å². The van der Waals surface area contributed by atoms with Crippen molar-refractivity contribution in [2.75, 3.05) is 26.8 Å². The summed E-state index contributed by atoms with van der Waals surface area (Å²) in [6.07, 6.45) is 9.41. The van der Waals surface area contributed by atoms with Gasteiger partial charge in [-0.25, -0.2) is 0 Å². The van der Waals surface area contributed by atoms with Crippen LogP contribution in [0, 0.1) is 11.3 Å². The van der Waals surface area contributed by atoms with Gasteiger partial charge in [0.15, 0.2) is 0 Å². The van der Waals surface area contributed by atoms with Gasteiger partial charge in [-0.3, -0.25) is 0 Å². The average Bonchev–Trinajstić information content (AvgIpc) is 2.62. The Kier molecular flexibility index (Phi) is 9.94. The Hall–Kier alpha value is -0.960. The molecular formula is C24H46N2O. The van der Waals surface area contributed by atoms with Crippen LogP contribution < -0.4 is 5.32 Å². The average molecular weight is 379 g/mol. The van der Waals surface area contributed by atoms with Crippen molar-refractivity contribution in [2.24, 2.45) is 11.3 Å². The minimum atomic E-state index is 0.0678. The molecule has 1 spiro atoms. The van der Waals surface area contributed by atoms with Gasteiger partial charge < -0.3 is 15.0 Å². The van der Waals surface area contributed by atoms with E-state index in [0.717, 1.165) is 39.0 Å². The molecule has 0 aromatic heterocycles. The van der Waals surface area contributed by atoms with E-state index in [4.69, 9.17) is 4.74 Å². The molecule has 1 N–H and O–H groups in total. The predicted molar refractivity (Wildman–Crippen MR) is 119 cm³/mol. The number of hydrogen-bond donors (Lipinski definition) is 1. The highest BCUT2D eigenvalue weighted by Gasteiger charge is 2.35. The Balaban J connectivity index is 0.00000176. The molecule has 2 aliphatic rings. The van der Waals surface area contributed by atoms with Crippen molar-refractivity contribution in [3.63, 3.8) is 0 Å². The second-order valence-electron chi connectivity index (χ2n) is 9.27. The minimum absolute atomic E-state index is 0.0678. The number of ether oxygens (including phenoxy) is 1. The van der Waals surface area contributed by atoms with E-state index in [2.05, 4.69) is 51.2 Å². The zero-order valence-corrected chi connectivity index (χ0v) is 19.1. The first-order valence-corrected chi connectivity index (χ1v) is 11.2. The van der Waals surface area contributed by atoms with Gasteiger partial charge in [-0.05, 0) is 49.9 Å². The van der Waals surface area contributed by atoms with E-state index in [-0.39, 0.29) is 5.54 Å². The van der Waals surface area contributed by atoms with Gasteiger partial charge in [-0.2, -0.15) is 0 Å². The van der Waals surface area contributed by atoms with Gasteiger partial charge in [-0.15, -0.1) is 0 Å². The molecule has 1 atom stereocenters. The lowest BCUT2D eigenvalue weighted by molar-refractivity contribution is 0.0385. The molecule has 0 unspecified atom stereocenters. The molecule has 2 fully saturated rings. The summed E-state index contributed by atoms with van der Waals surface area (Å²) in [6, 6.07) is 0. The van der Waals surface area contributed by atoms with E-state index in [9.17, 15) is 0 Å². The third-order valence-corrected chi connectivity index (χ3v) is 6.39. The molecule has 0 bridgehead atoms. The topological polar surface area (TPSA) is 24.5 Å². The molecule has 0 radical (unpaired) electrons. The van der Waals surface area contributed by atoms with Crippen molar-refractivity contribution in [3.05, 3.63) is 24.6 Å². The number of nitrogens with one attached hydrogen (secondary N) is 1. The second kappa shape index (κ2) is 11.1. The quantitative estimate of drug-likeness (QED) is 0.549. The van der Waals surface area contributed by atoms with E-state index in [0.29, 0.717) is 11.3 Å². The van der Waals surface area contributed by atoms with Crippen molar-refractivity contribution in [2.45, 2.75) is 91.5 Å². The van der Waals surface area contributed by atoms with E-state index in [1.54, 1.807) is 0 Å². The highest BCUT2D eigenvalue weighted by atomic mass is 16.5. The molecule has 2 heterocycles. The first-order chi connectivity index (χ1) is 12.7. The van der Waals surface area contributed by atoms with Crippen molar-refractivity contribution in [3.8, 4) is 0 Å². The van der Waals surface area contributed by atoms with Crippen LogP contribution in [-0.4, -0.2) is 37.2 Å². The lowest BCUT2D eigenvalue weighted by Crippen LogP contribution is -2.50. The van der Waals surface area contributed by atoms with Crippen LogP contribution in [0.15, 0.2) is 24.6 Å². The molecule has 0 aromatic rings. The fourth-order valence-electron chi connectivity index (χ4n) is 4.24. The monoisotopic (exact) mass is 378 g/mol. The summed E-state index contributed by atoms with van der Waals surface area (Å²) in [5.41, 5.74) is 2.94. The van der Waals surface area contributed by atoms with Crippen LogP contribution in [0.5, 0.6) is 0 Å². The van der Waals surface area contributed by atoms with Gasteiger partial charge in [0.2, 0.25) is 0 Å². The molecule has 0 amide bonds. The maximum atomic E-state index is 5.64. The Morgan fingerprint density at radius 1 is 1.04 bits per heavy atom. The van der Waals surface area contributed by atoms with E-state index < -0.39 is 0 Å². The highest BCUT2D eigenvalue weighted by Crippen LogP contribution is 2.34. The van der Waals surface area contributed by atoms with Gasteiger partial charge in [0.25, 0.3) is 0 Å². The fraction of sp³-hybridized carbons (Fsp3) is 0.833. The third kappa shape index (κ3) is 7.89. The number of allylic oxidation sites excluding steroid dienone is 1. The van der Waals surface area contributed by atoms with Gasteiger partial charge in [0.05, 0.1) is 0 Å². The van der Waals surface area contributed by atoms with Crippen molar-refractivity contribution in [1.29, 1.82) is 0 Å². The Morgan fingerprint density at radius 2 is 1.63 bits per heavy atom. The smallest absolute Gasteiger partial charge is 0.0488 e. The largest absolute Gasteiger partial charge is 0.383 e. The van der Waals surface area contributed by atoms with Crippen LogP contribution in [0.1, 0.15) is 86.0 Å². The second-order valence-corrected chi connectivity index (χ2v) is 9.27. The molecule has 158 valence electrons. The first kappa shape index (κ1) is 24.1. The molecule has 2 saturated heterocycles. The summed E-state index contributed by atoms with van der Waals surface area (Å²) in [4.78, 5) is 2.37. The summed E-state index contributed by atoms with van der Waals surface area (Å²) in [6.45, 7) is 22.7. The summed E-state index contributed by atoms with van der Waals surface area (Å²) in [7, 11) is 2.20. The molecular weight excluding hydrogens is 332 g/mol. The lowest BCUT2D eigenvalue weighted by atomic mass is 9.80. The SMILES string of the molecule is C=C1NC2(CCOCC2)CC(=C)N(C)CCCC(C)(C)CCC[C@H]1C.CC. The molecule has 0 aliphatic carbocycles. The number of nitrogens with zero attached hydrogens (tertiary/aromatic N) is 1. The van der Waals surface area contributed by atoms with Gasteiger partial charge >= 0.3 is 0 Å². The fourth-order valence-corrected chi connectivity index (χ4v) is 4.24. The molecule has 0 saturated carbocycles. The van der Waals surface area contributed by atoms with Crippen LogP contribution in [0.4, 0.5) is 0 Å².